The molecular formula is C19H25IN4. The predicted octanol–water partition coefficient (Wildman–Crippen LogP) is 3.91. The third kappa shape index (κ3) is 4.93. The van der Waals surface area contributed by atoms with Gasteiger partial charge in [0, 0.05) is 24.8 Å². The van der Waals surface area contributed by atoms with Crippen molar-refractivity contribution < 1.29 is 0 Å². The lowest BCUT2D eigenvalue weighted by atomic mass is 10.0. The molecule has 128 valence electrons. The molecule has 1 aliphatic heterocycles. The van der Waals surface area contributed by atoms with Crippen molar-refractivity contribution in [3.05, 3.63) is 54.2 Å². The summed E-state index contributed by atoms with van der Waals surface area (Å²) in [5.74, 6) is 1.37. The van der Waals surface area contributed by atoms with Crippen LogP contribution in [0.1, 0.15) is 25.3 Å². The van der Waals surface area contributed by atoms with Crippen LogP contribution in [0.2, 0.25) is 0 Å². The molecule has 1 atom stereocenters. The van der Waals surface area contributed by atoms with E-state index in [2.05, 4.69) is 40.0 Å². The molecule has 3 rings (SSSR count). The van der Waals surface area contributed by atoms with Crippen LogP contribution in [0.4, 0.5) is 0 Å². The molecule has 0 bridgehead atoms. The summed E-state index contributed by atoms with van der Waals surface area (Å²) >= 11 is 0. The van der Waals surface area contributed by atoms with E-state index in [1.165, 1.54) is 12.8 Å². The lowest BCUT2D eigenvalue weighted by molar-refractivity contribution is 0.270. The summed E-state index contributed by atoms with van der Waals surface area (Å²) in [6, 6.07) is 14.3. The number of hydrogen-bond donors (Lipinski definition) is 1. The quantitative estimate of drug-likeness (QED) is 0.451. The van der Waals surface area contributed by atoms with Gasteiger partial charge in [0.15, 0.2) is 5.96 Å². The Hall–Kier alpha value is -1.63. The average Bonchev–Trinajstić information content (AvgIpc) is 2.61. The van der Waals surface area contributed by atoms with E-state index in [0.717, 1.165) is 29.9 Å². The normalized spacial score (nSPS) is 18.1. The summed E-state index contributed by atoms with van der Waals surface area (Å²) in [5.41, 5.74) is 9.42. The largest absolute Gasteiger partial charge is 0.370 e. The number of pyridine rings is 1. The zero-order valence-corrected chi connectivity index (χ0v) is 16.4. The summed E-state index contributed by atoms with van der Waals surface area (Å²) in [5, 5.41) is 0. The molecule has 1 fully saturated rings. The van der Waals surface area contributed by atoms with Crippen LogP contribution < -0.4 is 5.73 Å². The summed E-state index contributed by atoms with van der Waals surface area (Å²) in [4.78, 5) is 11.2. The summed E-state index contributed by atoms with van der Waals surface area (Å²) in [7, 11) is 0. The summed E-state index contributed by atoms with van der Waals surface area (Å²) in [6.07, 6.45) is 4.30. The molecule has 5 heteroatoms. The maximum absolute atomic E-state index is 6.17. The van der Waals surface area contributed by atoms with Gasteiger partial charge < -0.3 is 10.6 Å². The van der Waals surface area contributed by atoms with Crippen molar-refractivity contribution in [3.8, 4) is 11.3 Å². The van der Waals surface area contributed by atoms with Gasteiger partial charge in [0.1, 0.15) is 0 Å². The highest BCUT2D eigenvalue weighted by atomic mass is 127. The first kappa shape index (κ1) is 18.7. The number of nitrogens with zero attached hydrogens (tertiary/aromatic N) is 3. The van der Waals surface area contributed by atoms with Crippen molar-refractivity contribution in [2.45, 2.75) is 26.3 Å². The average molecular weight is 436 g/mol. The van der Waals surface area contributed by atoms with Crippen LogP contribution in [-0.4, -0.2) is 28.9 Å². The molecule has 1 aromatic heterocycles. The number of hydrogen-bond acceptors (Lipinski definition) is 2. The van der Waals surface area contributed by atoms with Crippen molar-refractivity contribution in [1.29, 1.82) is 0 Å². The SMILES string of the molecule is CC1CCCN(C(N)=NCc2cccc(-c3ccccn3)c2)C1.I. The van der Waals surface area contributed by atoms with Gasteiger partial charge in [0.05, 0.1) is 12.2 Å². The molecule has 1 saturated heterocycles. The molecule has 24 heavy (non-hydrogen) atoms. The minimum absolute atomic E-state index is 0. The van der Waals surface area contributed by atoms with E-state index in [1.54, 1.807) is 0 Å². The van der Waals surface area contributed by atoms with Crippen LogP contribution in [0.5, 0.6) is 0 Å². The second kappa shape index (κ2) is 9.01. The Kier molecular flexibility index (Phi) is 7.02. The molecule has 2 aromatic rings. The highest BCUT2D eigenvalue weighted by Crippen LogP contribution is 2.19. The predicted molar refractivity (Wildman–Crippen MR) is 110 cm³/mol. The van der Waals surface area contributed by atoms with Gasteiger partial charge in [-0.15, -0.1) is 24.0 Å². The first-order valence-electron chi connectivity index (χ1n) is 8.27. The van der Waals surface area contributed by atoms with E-state index in [-0.39, 0.29) is 24.0 Å². The van der Waals surface area contributed by atoms with Gasteiger partial charge in [0.25, 0.3) is 0 Å². The topological polar surface area (TPSA) is 54.5 Å². The molecule has 0 saturated carbocycles. The molecule has 0 spiro atoms. The van der Waals surface area contributed by atoms with Crippen LogP contribution >= 0.6 is 24.0 Å². The number of aliphatic imine (C=N–C) groups is 1. The molecule has 2 heterocycles. The highest BCUT2D eigenvalue weighted by molar-refractivity contribution is 14.0. The van der Waals surface area contributed by atoms with Crippen LogP contribution in [0.3, 0.4) is 0 Å². The molecular weight excluding hydrogens is 411 g/mol. The number of likely N-dealkylation sites (tertiary alicyclic amines) is 1. The molecule has 4 nitrogen and oxygen atoms in total. The number of halogens is 1. The minimum atomic E-state index is 0. The monoisotopic (exact) mass is 436 g/mol. The van der Waals surface area contributed by atoms with Crippen molar-refractivity contribution in [3.63, 3.8) is 0 Å². The van der Waals surface area contributed by atoms with Crippen molar-refractivity contribution >= 4 is 29.9 Å². The third-order valence-electron chi connectivity index (χ3n) is 4.29. The Morgan fingerprint density at radius 2 is 2.17 bits per heavy atom. The van der Waals surface area contributed by atoms with Gasteiger partial charge in [-0.2, -0.15) is 0 Å². The minimum Gasteiger partial charge on any atom is -0.370 e. The number of guanidine groups is 1. The fourth-order valence-corrected chi connectivity index (χ4v) is 3.03. The van der Waals surface area contributed by atoms with E-state index in [0.29, 0.717) is 18.4 Å². The van der Waals surface area contributed by atoms with Crippen molar-refractivity contribution in [2.75, 3.05) is 13.1 Å². The molecule has 0 radical (unpaired) electrons. The second-order valence-corrected chi connectivity index (χ2v) is 6.28. The van der Waals surface area contributed by atoms with E-state index in [9.17, 15) is 0 Å². The van der Waals surface area contributed by atoms with Gasteiger partial charge in [0.2, 0.25) is 0 Å². The van der Waals surface area contributed by atoms with E-state index < -0.39 is 0 Å². The lowest BCUT2D eigenvalue weighted by Crippen LogP contribution is -2.43. The van der Waals surface area contributed by atoms with Crippen LogP contribution in [0.15, 0.2) is 53.7 Å². The van der Waals surface area contributed by atoms with E-state index >= 15 is 0 Å². The smallest absolute Gasteiger partial charge is 0.191 e. The van der Waals surface area contributed by atoms with Gasteiger partial charge in [-0.05, 0) is 42.5 Å². The number of aromatic nitrogens is 1. The number of benzene rings is 1. The Morgan fingerprint density at radius 3 is 2.92 bits per heavy atom. The number of piperidine rings is 1. The Balaban J connectivity index is 0.00000208. The van der Waals surface area contributed by atoms with E-state index in [4.69, 9.17) is 5.73 Å². The van der Waals surface area contributed by atoms with Crippen molar-refractivity contribution in [1.82, 2.24) is 9.88 Å². The first-order chi connectivity index (χ1) is 11.2. The highest BCUT2D eigenvalue weighted by Gasteiger charge is 2.17. The summed E-state index contributed by atoms with van der Waals surface area (Å²) in [6.45, 7) is 4.92. The maximum atomic E-state index is 6.17. The van der Waals surface area contributed by atoms with Crippen LogP contribution in [0.25, 0.3) is 11.3 Å². The fraction of sp³-hybridized carbons (Fsp3) is 0.368. The lowest BCUT2D eigenvalue weighted by Gasteiger charge is -2.31. The molecule has 1 aromatic carbocycles. The van der Waals surface area contributed by atoms with Gasteiger partial charge in [-0.3, -0.25) is 4.98 Å². The molecule has 0 amide bonds. The van der Waals surface area contributed by atoms with Crippen LogP contribution in [0, 0.1) is 5.92 Å². The van der Waals surface area contributed by atoms with Gasteiger partial charge >= 0.3 is 0 Å². The molecule has 1 aliphatic rings. The first-order valence-corrected chi connectivity index (χ1v) is 8.27. The Morgan fingerprint density at radius 1 is 1.29 bits per heavy atom. The zero-order valence-electron chi connectivity index (χ0n) is 14.1. The molecule has 0 aliphatic carbocycles. The Bertz CT molecular complexity index is 672. The zero-order chi connectivity index (χ0) is 16.1. The second-order valence-electron chi connectivity index (χ2n) is 6.28. The number of rotatable bonds is 3. The summed E-state index contributed by atoms with van der Waals surface area (Å²) < 4.78 is 0. The van der Waals surface area contributed by atoms with E-state index in [1.807, 2.05) is 30.5 Å². The number of nitrogens with two attached hydrogens (primary N) is 1. The van der Waals surface area contributed by atoms with Crippen molar-refractivity contribution in [2.24, 2.45) is 16.6 Å². The van der Waals surface area contributed by atoms with Gasteiger partial charge in [-0.1, -0.05) is 31.2 Å². The van der Waals surface area contributed by atoms with Gasteiger partial charge in [-0.25, -0.2) is 4.99 Å². The Labute approximate surface area is 161 Å². The molecule has 2 N–H and O–H groups in total. The van der Waals surface area contributed by atoms with Crippen LogP contribution in [-0.2, 0) is 6.54 Å². The standard InChI is InChI=1S/C19H24N4.HI/c1-15-6-5-11-23(14-15)19(20)22-13-16-7-4-8-17(12-16)18-9-2-3-10-21-18;/h2-4,7-10,12,15H,5-6,11,13-14H2,1H3,(H2,20,22);1H. The fourth-order valence-electron chi connectivity index (χ4n) is 3.03. The third-order valence-corrected chi connectivity index (χ3v) is 4.29. The molecule has 1 unspecified atom stereocenters. The maximum Gasteiger partial charge on any atom is 0.191 e.